The molecule has 3 heteroatoms. The molecular weight excluding hydrogens is 631 g/mol. The lowest BCUT2D eigenvalue weighted by molar-refractivity contribution is 0.660. The average Bonchev–Trinajstić information content (AvgIpc) is 3.70. The van der Waals surface area contributed by atoms with Crippen molar-refractivity contribution in [1.82, 2.24) is 15.0 Å². The first kappa shape index (κ1) is 30.4. The molecule has 0 radical (unpaired) electrons. The number of fused-ring (bicyclic) bond motifs is 6. The largest absolute Gasteiger partial charge is 0.208 e. The van der Waals surface area contributed by atoms with Gasteiger partial charge in [0.1, 0.15) is 0 Å². The summed E-state index contributed by atoms with van der Waals surface area (Å²) in [6.07, 6.45) is 0.819. The number of benzene rings is 7. The fourth-order valence-corrected chi connectivity index (χ4v) is 8.37. The highest BCUT2D eigenvalue weighted by molar-refractivity contribution is 5.89. The highest BCUT2D eigenvalue weighted by atomic mass is 15.0. The first-order valence-corrected chi connectivity index (χ1v) is 18.0. The Balaban J connectivity index is 1.13. The van der Waals surface area contributed by atoms with Gasteiger partial charge in [-0.2, -0.15) is 0 Å². The second-order valence-electron chi connectivity index (χ2n) is 14.4. The van der Waals surface area contributed by atoms with Crippen molar-refractivity contribution in [3.8, 4) is 78.7 Å². The maximum Gasteiger partial charge on any atom is 0.164 e. The van der Waals surface area contributed by atoms with Crippen molar-refractivity contribution in [2.24, 2.45) is 0 Å². The van der Waals surface area contributed by atoms with Crippen LogP contribution in [0.1, 0.15) is 36.1 Å². The Kier molecular flexibility index (Phi) is 6.91. The predicted molar refractivity (Wildman–Crippen MR) is 213 cm³/mol. The normalized spacial score (nSPS) is 13.3. The fourth-order valence-electron chi connectivity index (χ4n) is 8.37. The molecule has 0 unspecified atom stereocenters. The molecule has 0 saturated heterocycles. The lowest BCUT2D eigenvalue weighted by Gasteiger charge is -2.21. The summed E-state index contributed by atoms with van der Waals surface area (Å²) in [6, 6.07) is 58.5. The van der Waals surface area contributed by atoms with Gasteiger partial charge in [-0.25, -0.2) is 15.0 Å². The van der Waals surface area contributed by atoms with Crippen molar-refractivity contribution in [3.63, 3.8) is 0 Å². The minimum Gasteiger partial charge on any atom is -0.208 e. The SMILES string of the molecule is CC1(C)c2ccccc2-c2ccc(-c3nc(-c4ccc(-c5ccccc5)cc4)nc(-c4cccc5c4Cc4c(-c6ccccc6)cccc4-5)n3)cc21. The molecule has 0 fully saturated rings. The van der Waals surface area contributed by atoms with Crippen LogP contribution in [0.5, 0.6) is 0 Å². The number of hydrogen-bond donors (Lipinski definition) is 0. The van der Waals surface area contributed by atoms with Crippen LogP contribution in [0.25, 0.3) is 78.7 Å². The summed E-state index contributed by atoms with van der Waals surface area (Å²) in [7, 11) is 0. The summed E-state index contributed by atoms with van der Waals surface area (Å²) >= 11 is 0. The zero-order chi connectivity index (χ0) is 34.8. The van der Waals surface area contributed by atoms with E-state index in [1.807, 2.05) is 6.07 Å². The Morgan fingerprint density at radius 3 is 1.56 bits per heavy atom. The Morgan fingerprint density at radius 1 is 0.346 bits per heavy atom. The van der Waals surface area contributed by atoms with E-state index < -0.39 is 0 Å². The zero-order valence-corrected chi connectivity index (χ0v) is 29.1. The van der Waals surface area contributed by atoms with Gasteiger partial charge in [0.25, 0.3) is 0 Å². The lowest BCUT2D eigenvalue weighted by Crippen LogP contribution is -2.15. The van der Waals surface area contributed by atoms with E-state index in [0.717, 1.165) is 28.7 Å². The van der Waals surface area contributed by atoms with E-state index in [1.54, 1.807) is 0 Å². The lowest BCUT2D eigenvalue weighted by atomic mass is 9.82. The number of rotatable bonds is 5. The van der Waals surface area contributed by atoms with Crippen LogP contribution in [0.3, 0.4) is 0 Å². The quantitative estimate of drug-likeness (QED) is 0.184. The first-order chi connectivity index (χ1) is 25.5. The van der Waals surface area contributed by atoms with Gasteiger partial charge in [0, 0.05) is 28.5 Å². The molecule has 0 atom stereocenters. The zero-order valence-electron chi connectivity index (χ0n) is 29.1. The molecular formula is C49H35N3. The van der Waals surface area contributed by atoms with Crippen molar-refractivity contribution in [3.05, 3.63) is 186 Å². The van der Waals surface area contributed by atoms with E-state index in [-0.39, 0.29) is 5.41 Å². The van der Waals surface area contributed by atoms with Gasteiger partial charge in [0.05, 0.1) is 0 Å². The van der Waals surface area contributed by atoms with Gasteiger partial charge in [-0.3, -0.25) is 0 Å². The minimum atomic E-state index is -0.129. The van der Waals surface area contributed by atoms with E-state index in [1.165, 1.54) is 61.2 Å². The Hall–Kier alpha value is -6.45. The van der Waals surface area contributed by atoms with Gasteiger partial charge in [-0.15, -0.1) is 0 Å². The topological polar surface area (TPSA) is 38.7 Å². The molecule has 8 aromatic rings. The van der Waals surface area contributed by atoms with E-state index in [4.69, 9.17) is 15.0 Å². The molecule has 0 saturated carbocycles. The molecule has 10 rings (SSSR count). The van der Waals surface area contributed by atoms with E-state index in [2.05, 4.69) is 172 Å². The van der Waals surface area contributed by atoms with Gasteiger partial charge in [-0.1, -0.05) is 172 Å². The van der Waals surface area contributed by atoms with Gasteiger partial charge in [-0.05, 0) is 72.8 Å². The molecule has 0 amide bonds. The summed E-state index contributed by atoms with van der Waals surface area (Å²) in [5, 5.41) is 0. The van der Waals surface area contributed by atoms with Crippen molar-refractivity contribution in [1.29, 1.82) is 0 Å². The molecule has 1 heterocycles. The van der Waals surface area contributed by atoms with Gasteiger partial charge >= 0.3 is 0 Å². The van der Waals surface area contributed by atoms with Crippen LogP contribution in [-0.4, -0.2) is 15.0 Å². The number of nitrogens with zero attached hydrogens (tertiary/aromatic N) is 3. The smallest absolute Gasteiger partial charge is 0.164 e. The van der Waals surface area contributed by atoms with Crippen LogP contribution in [0.4, 0.5) is 0 Å². The molecule has 2 aliphatic rings. The third-order valence-corrected chi connectivity index (χ3v) is 11.0. The summed E-state index contributed by atoms with van der Waals surface area (Å²) in [6.45, 7) is 4.63. The van der Waals surface area contributed by atoms with Gasteiger partial charge in [0.15, 0.2) is 17.5 Å². The van der Waals surface area contributed by atoms with Gasteiger partial charge in [0.2, 0.25) is 0 Å². The molecule has 7 aromatic carbocycles. The maximum absolute atomic E-state index is 5.29. The van der Waals surface area contributed by atoms with Crippen LogP contribution >= 0.6 is 0 Å². The van der Waals surface area contributed by atoms with Crippen LogP contribution in [-0.2, 0) is 11.8 Å². The average molecular weight is 666 g/mol. The highest BCUT2D eigenvalue weighted by Gasteiger charge is 2.35. The Bertz CT molecular complexity index is 2660. The first-order valence-electron chi connectivity index (χ1n) is 18.0. The van der Waals surface area contributed by atoms with Crippen LogP contribution < -0.4 is 0 Å². The Labute approximate surface area is 304 Å². The highest BCUT2D eigenvalue weighted by Crippen LogP contribution is 2.50. The monoisotopic (exact) mass is 665 g/mol. The molecule has 0 N–H and O–H groups in total. The number of aromatic nitrogens is 3. The van der Waals surface area contributed by atoms with E-state index in [9.17, 15) is 0 Å². The maximum atomic E-state index is 5.29. The summed E-state index contributed by atoms with van der Waals surface area (Å²) in [4.78, 5) is 15.7. The molecule has 0 aliphatic heterocycles. The van der Waals surface area contributed by atoms with Crippen molar-refractivity contribution < 1.29 is 0 Å². The number of hydrogen-bond acceptors (Lipinski definition) is 3. The standard InChI is InChI=1S/C49H35N3/c1-49(2)44-22-10-9-17-39(44)40-28-27-35(29-45(40)49)47-50-46(34-25-23-32(24-26-34)31-13-5-3-6-14-31)51-48(52-47)41-21-12-20-38-37-19-11-18-36(42(37)30-43(38)41)33-15-7-4-8-16-33/h3-29H,30H2,1-2H3. The second-order valence-corrected chi connectivity index (χ2v) is 14.4. The fraction of sp³-hybridized carbons (Fsp3) is 0.0816. The summed E-state index contributed by atoms with van der Waals surface area (Å²) in [5.74, 6) is 2.04. The molecule has 52 heavy (non-hydrogen) atoms. The Morgan fingerprint density at radius 2 is 0.827 bits per heavy atom. The molecule has 2 aliphatic carbocycles. The second kappa shape index (κ2) is 11.8. The summed E-state index contributed by atoms with van der Waals surface area (Å²) in [5.41, 5.74) is 18.1. The van der Waals surface area contributed by atoms with E-state index >= 15 is 0 Å². The van der Waals surface area contributed by atoms with Crippen LogP contribution in [0.15, 0.2) is 164 Å². The molecule has 246 valence electrons. The molecule has 0 bridgehead atoms. The third kappa shape index (κ3) is 4.85. The predicted octanol–water partition coefficient (Wildman–Crippen LogP) is 12.1. The van der Waals surface area contributed by atoms with Crippen molar-refractivity contribution >= 4 is 0 Å². The van der Waals surface area contributed by atoms with Crippen LogP contribution in [0, 0.1) is 0 Å². The van der Waals surface area contributed by atoms with Gasteiger partial charge < -0.3 is 0 Å². The van der Waals surface area contributed by atoms with Crippen molar-refractivity contribution in [2.75, 3.05) is 0 Å². The van der Waals surface area contributed by atoms with Crippen molar-refractivity contribution in [2.45, 2.75) is 25.7 Å². The van der Waals surface area contributed by atoms with E-state index in [0.29, 0.717) is 17.5 Å². The third-order valence-electron chi connectivity index (χ3n) is 11.0. The molecule has 0 spiro atoms. The molecule has 3 nitrogen and oxygen atoms in total. The minimum absolute atomic E-state index is 0.129. The summed E-state index contributed by atoms with van der Waals surface area (Å²) < 4.78 is 0. The molecule has 1 aromatic heterocycles. The van der Waals surface area contributed by atoms with Crippen LogP contribution in [0.2, 0.25) is 0 Å².